The molecule has 1 aliphatic rings. The molecule has 0 aliphatic heterocycles. The Kier molecular flexibility index (Phi) is 4.51. The van der Waals surface area contributed by atoms with E-state index in [0.717, 1.165) is 48.4 Å². The van der Waals surface area contributed by atoms with E-state index in [2.05, 4.69) is 24.0 Å². The van der Waals surface area contributed by atoms with Gasteiger partial charge >= 0.3 is 0 Å². The van der Waals surface area contributed by atoms with E-state index in [4.69, 9.17) is 4.74 Å². The van der Waals surface area contributed by atoms with Crippen LogP contribution in [0.15, 0.2) is 36.8 Å². The minimum atomic E-state index is -0.0619. The van der Waals surface area contributed by atoms with Gasteiger partial charge in [0.15, 0.2) is 0 Å². The summed E-state index contributed by atoms with van der Waals surface area (Å²) in [6.45, 7) is 0. The molecule has 2 heterocycles. The third-order valence-electron chi connectivity index (χ3n) is 4.35. The Balaban J connectivity index is 1.31. The van der Waals surface area contributed by atoms with Gasteiger partial charge in [-0.25, -0.2) is 4.98 Å². The van der Waals surface area contributed by atoms with Crippen molar-refractivity contribution in [3.63, 3.8) is 0 Å². The molecule has 0 bridgehead atoms. The minimum Gasteiger partial charge on any atom is -0.473 e. The van der Waals surface area contributed by atoms with Crippen LogP contribution in [0.25, 0.3) is 11.0 Å². The molecular formula is C17H17N5O2S. The fourth-order valence-electron chi connectivity index (χ4n) is 3.03. The molecular weight excluding hydrogens is 338 g/mol. The van der Waals surface area contributed by atoms with Crippen molar-refractivity contribution in [2.45, 2.75) is 37.8 Å². The molecule has 7 nitrogen and oxygen atoms in total. The lowest BCUT2D eigenvalue weighted by atomic mass is 9.92. The van der Waals surface area contributed by atoms with E-state index < -0.39 is 0 Å². The van der Waals surface area contributed by atoms with Gasteiger partial charge in [0.1, 0.15) is 17.1 Å². The van der Waals surface area contributed by atoms with E-state index in [1.54, 1.807) is 30.7 Å². The van der Waals surface area contributed by atoms with Crippen LogP contribution in [0.4, 0.5) is 0 Å². The molecule has 3 aromatic rings. The lowest BCUT2D eigenvalue weighted by Crippen LogP contribution is -2.39. The number of hydrogen-bond acceptors (Lipinski definition) is 7. The second-order valence-corrected chi connectivity index (χ2v) is 6.60. The largest absolute Gasteiger partial charge is 0.473 e. The van der Waals surface area contributed by atoms with Crippen molar-refractivity contribution in [1.82, 2.24) is 24.0 Å². The van der Waals surface area contributed by atoms with Gasteiger partial charge in [-0.3, -0.25) is 9.78 Å². The number of ether oxygens (including phenoxy) is 1. The first kappa shape index (κ1) is 15.9. The second kappa shape index (κ2) is 7.10. The van der Waals surface area contributed by atoms with Gasteiger partial charge in [-0.05, 0) is 43.9 Å². The van der Waals surface area contributed by atoms with Crippen LogP contribution >= 0.6 is 11.7 Å². The smallest absolute Gasteiger partial charge is 0.251 e. The molecule has 2 aromatic heterocycles. The number of carbonyl (C=O) groups is 1. The Labute approximate surface area is 148 Å². The van der Waals surface area contributed by atoms with Crippen molar-refractivity contribution < 1.29 is 9.53 Å². The van der Waals surface area contributed by atoms with Crippen molar-refractivity contribution in [2.75, 3.05) is 0 Å². The van der Waals surface area contributed by atoms with Crippen molar-refractivity contribution in [2.24, 2.45) is 0 Å². The number of aromatic nitrogens is 4. The lowest BCUT2D eigenvalue weighted by Gasteiger charge is -2.29. The number of benzene rings is 1. The highest BCUT2D eigenvalue weighted by Gasteiger charge is 2.24. The SMILES string of the molecule is O=C(NC1CCC(Oc2cnccn2)CC1)c1ccc2nsnc2c1. The molecule has 0 radical (unpaired) electrons. The van der Waals surface area contributed by atoms with Crippen molar-refractivity contribution >= 4 is 28.7 Å². The van der Waals surface area contributed by atoms with Gasteiger partial charge in [0.25, 0.3) is 5.91 Å². The molecule has 1 N–H and O–H groups in total. The fourth-order valence-corrected chi connectivity index (χ4v) is 3.55. The van der Waals surface area contributed by atoms with Crippen LogP contribution in [-0.2, 0) is 0 Å². The number of hydrogen-bond donors (Lipinski definition) is 1. The molecule has 1 saturated carbocycles. The summed E-state index contributed by atoms with van der Waals surface area (Å²) < 4.78 is 14.2. The summed E-state index contributed by atoms with van der Waals surface area (Å²) in [6.07, 6.45) is 8.54. The van der Waals surface area contributed by atoms with Gasteiger partial charge in [0.05, 0.1) is 17.9 Å². The monoisotopic (exact) mass is 355 g/mol. The number of nitrogens with zero attached hydrogens (tertiary/aromatic N) is 4. The maximum absolute atomic E-state index is 12.4. The first-order valence-electron chi connectivity index (χ1n) is 8.24. The van der Waals surface area contributed by atoms with Crippen LogP contribution in [0.3, 0.4) is 0 Å². The van der Waals surface area contributed by atoms with Crippen LogP contribution < -0.4 is 10.1 Å². The molecule has 0 atom stereocenters. The Morgan fingerprint density at radius 1 is 1.12 bits per heavy atom. The second-order valence-electron chi connectivity index (χ2n) is 6.08. The minimum absolute atomic E-state index is 0.0619. The molecule has 1 aromatic carbocycles. The highest BCUT2D eigenvalue weighted by Crippen LogP contribution is 2.23. The molecule has 0 spiro atoms. The topological polar surface area (TPSA) is 89.9 Å². The van der Waals surface area contributed by atoms with E-state index in [1.165, 1.54) is 0 Å². The van der Waals surface area contributed by atoms with Gasteiger partial charge in [-0.1, -0.05) is 0 Å². The molecule has 1 aliphatic carbocycles. The van der Waals surface area contributed by atoms with E-state index in [1.807, 2.05) is 6.07 Å². The molecule has 8 heteroatoms. The zero-order valence-corrected chi connectivity index (χ0v) is 14.3. The first-order valence-corrected chi connectivity index (χ1v) is 8.97. The van der Waals surface area contributed by atoms with E-state index in [9.17, 15) is 4.79 Å². The Morgan fingerprint density at radius 2 is 1.96 bits per heavy atom. The first-order chi connectivity index (χ1) is 12.3. The number of fused-ring (bicyclic) bond motifs is 1. The highest BCUT2D eigenvalue weighted by atomic mass is 32.1. The highest BCUT2D eigenvalue weighted by molar-refractivity contribution is 7.00. The summed E-state index contributed by atoms with van der Waals surface area (Å²) in [7, 11) is 0. The van der Waals surface area contributed by atoms with Crippen molar-refractivity contribution in [3.8, 4) is 5.88 Å². The summed E-state index contributed by atoms with van der Waals surface area (Å²) >= 11 is 1.15. The average molecular weight is 355 g/mol. The summed E-state index contributed by atoms with van der Waals surface area (Å²) in [6, 6.07) is 5.58. The predicted molar refractivity (Wildman–Crippen MR) is 93.6 cm³/mol. The van der Waals surface area contributed by atoms with Crippen LogP contribution in [0, 0.1) is 0 Å². The van der Waals surface area contributed by atoms with Gasteiger partial charge < -0.3 is 10.1 Å². The number of nitrogens with one attached hydrogen (secondary N) is 1. The van der Waals surface area contributed by atoms with Crippen LogP contribution in [-0.4, -0.2) is 36.8 Å². The third kappa shape index (κ3) is 3.74. The number of amides is 1. The van der Waals surface area contributed by atoms with Crippen molar-refractivity contribution in [3.05, 3.63) is 42.4 Å². The predicted octanol–water partition coefficient (Wildman–Crippen LogP) is 2.60. The van der Waals surface area contributed by atoms with Crippen LogP contribution in [0.5, 0.6) is 5.88 Å². The molecule has 0 saturated heterocycles. The van der Waals surface area contributed by atoms with Gasteiger partial charge in [-0.2, -0.15) is 8.75 Å². The van der Waals surface area contributed by atoms with Gasteiger partial charge in [0, 0.05) is 24.0 Å². The van der Waals surface area contributed by atoms with Gasteiger partial charge in [0.2, 0.25) is 5.88 Å². The van der Waals surface area contributed by atoms with E-state index in [0.29, 0.717) is 11.4 Å². The zero-order valence-electron chi connectivity index (χ0n) is 13.5. The fraction of sp³-hybridized carbons (Fsp3) is 0.353. The molecule has 0 unspecified atom stereocenters. The maximum atomic E-state index is 12.4. The van der Waals surface area contributed by atoms with Gasteiger partial charge in [-0.15, -0.1) is 0 Å². The Morgan fingerprint density at radius 3 is 2.76 bits per heavy atom. The lowest BCUT2D eigenvalue weighted by molar-refractivity contribution is 0.0890. The molecule has 1 amide bonds. The van der Waals surface area contributed by atoms with E-state index >= 15 is 0 Å². The molecule has 25 heavy (non-hydrogen) atoms. The number of carbonyl (C=O) groups excluding carboxylic acids is 1. The quantitative estimate of drug-likeness (QED) is 0.774. The molecule has 4 rings (SSSR count). The zero-order chi connectivity index (χ0) is 17.1. The maximum Gasteiger partial charge on any atom is 0.251 e. The summed E-state index contributed by atoms with van der Waals surface area (Å²) in [5, 5.41) is 3.11. The standard InChI is InChI=1S/C17H17N5O2S/c23-17(11-1-6-14-15(9-11)22-25-21-14)20-12-2-4-13(5-3-12)24-16-10-18-7-8-19-16/h1,6-10,12-13H,2-5H2,(H,20,23). The summed E-state index contributed by atoms with van der Waals surface area (Å²) in [4.78, 5) is 20.6. The average Bonchev–Trinajstić information content (AvgIpc) is 3.12. The Bertz CT molecular complexity index is 862. The normalized spacial score (nSPS) is 20.3. The third-order valence-corrected chi connectivity index (χ3v) is 4.91. The summed E-state index contributed by atoms with van der Waals surface area (Å²) in [5.74, 6) is 0.494. The number of rotatable bonds is 4. The van der Waals surface area contributed by atoms with Crippen LogP contribution in [0.1, 0.15) is 36.0 Å². The van der Waals surface area contributed by atoms with Crippen molar-refractivity contribution in [1.29, 1.82) is 0 Å². The van der Waals surface area contributed by atoms with Crippen LogP contribution in [0.2, 0.25) is 0 Å². The van der Waals surface area contributed by atoms with E-state index in [-0.39, 0.29) is 18.1 Å². The molecule has 128 valence electrons. The summed E-state index contributed by atoms with van der Waals surface area (Å²) in [5.41, 5.74) is 2.21. The Hall–Kier alpha value is -2.61. The molecule has 1 fully saturated rings.